The summed E-state index contributed by atoms with van der Waals surface area (Å²) in [6.07, 6.45) is 5.19. The van der Waals surface area contributed by atoms with E-state index in [1.54, 1.807) is 7.11 Å². The highest BCUT2D eigenvalue weighted by atomic mass is 16.5. The lowest BCUT2D eigenvalue weighted by molar-refractivity contribution is -0.117. The molecule has 0 radical (unpaired) electrons. The maximum Gasteiger partial charge on any atom is 0.229 e. The molecule has 1 amide bonds. The fourth-order valence-electron chi connectivity index (χ4n) is 3.64. The van der Waals surface area contributed by atoms with Crippen molar-refractivity contribution in [2.75, 3.05) is 30.4 Å². The number of anilines is 2. The Labute approximate surface area is 148 Å². The third-order valence-corrected chi connectivity index (χ3v) is 5.14. The van der Waals surface area contributed by atoms with Gasteiger partial charge >= 0.3 is 0 Å². The standard InChI is InChI=1S/C20H23N3O2/c1-25-18-7-3-2-6-15(18)16-12-17(16)20(24)22-19-9-8-14(13-21-19)23-10-4-5-11-23/h2-3,6-9,13,16-17H,4-5,10-12H2,1H3,(H,21,22,24)/t16-,17+/m0/s1. The number of methoxy groups -OCH3 is 1. The Balaban J connectivity index is 1.38. The maximum absolute atomic E-state index is 12.5. The molecule has 1 aliphatic heterocycles. The number of nitrogens with one attached hydrogen (secondary N) is 1. The first kappa shape index (κ1) is 15.9. The molecular formula is C20H23N3O2. The van der Waals surface area contributed by atoms with E-state index in [9.17, 15) is 4.79 Å². The molecule has 5 heteroatoms. The number of rotatable bonds is 5. The molecule has 2 aliphatic rings. The number of ether oxygens (including phenoxy) is 1. The van der Waals surface area contributed by atoms with E-state index in [4.69, 9.17) is 4.74 Å². The van der Waals surface area contributed by atoms with E-state index >= 15 is 0 Å². The zero-order valence-electron chi connectivity index (χ0n) is 14.4. The first-order chi connectivity index (χ1) is 12.3. The molecule has 2 fully saturated rings. The summed E-state index contributed by atoms with van der Waals surface area (Å²) in [4.78, 5) is 19.2. The largest absolute Gasteiger partial charge is 0.496 e. The van der Waals surface area contributed by atoms with Gasteiger partial charge in [-0.05, 0) is 48.9 Å². The smallest absolute Gasteiger partial charge is 0.229 e. The Morgan fingerprint density at radius 2 is 2.00 bits per heavy atom. The Hall–Kier alpha value is -2.56. The maximum atomic E-state index is 12.5. The summed E-state index contributed by atoms with van der Waals surface area (Å²) in [5, 5.41) is 2.95. The van der Waals surface area contributed by atoms with Gasteiger partial charge in [0, 0.05) is 19.0 Å². The predicted molar refractivity (Wildman–Crippen MR) is 98.2 cm³/mol. The van der Waals surface area contributed by atoms with Gasteiger partial charge in [-0.2, -0.15) is 0 Å². The molecule has 1 aromatic heterocycles. The molecule has 1 aromatic carbocycles. The van der Waals surface area contributed by atoms with Crippen LogP contribution in [0.3, 0.4) is 0 Å². The van der Waals surface area contributed by atoms with Gasteiger partial charge in [0.15, 0.2) is 0 Å². The van der Waals surface area contributed by atoms with Crippen molar-refractivity contribution in [1.29, 1.82) is 0 Å². The van der Waals surface area contributed by atoms with E-state index in [1.807, 2.05) is 42.6 Å². The van der Waals surface area contributed by atoms with Gasteiger partial charge in [0.2, 0.25) is 5.91 Å². The molecule has 2 aromatic rings. The summed E-state index contributed by atoms with van der Waals surface area (Å²) in [6, 6.07) is 11.9. The first-order valence-corrected chi connectivity index (χ1v) is 8.91. The zero-order valence-corrected chi connectivity index (χ0v) is 14.4. The number of hydrogen-bond acceptors (Lipinski definition) is 4. The van der Waals surface area contributed by atoms with Gasteiger partial charge in [-0.25, -0.2) is 4.98 Å². The highest BCUT2D eigenvalue weighted by Gasteiger charge is 2.45. The average Bonchev–Trinajstić information content (AvgIpc) is 3.27. The number of para-hydroxylation sites is 1. The third kappa shape index (κ3) is 3.31. The van der Waals surface area contributed by atoms with Crippen LogP contribution in [0.2, 0.25) is 0 Å². The van der Waals surface area contributed by atoms with Crippen molar-refractivity contribution in [3.63, 3.8) is 0 Å². The number of aromatic nitrogens is 1. The molecule has 4 rings (SSSR count). The van der Waals surface area contributed by atoms with Crippen LogP contribution in [0, 0.1) is 5.92 Å². The minimum absolute atomic E-state index is 0.00337. The Bertz CT molecular complexity index is 754. The van der Waals surface area contributed by atoms with Crippen molar-refractivity contribution in [3.05, 3.63) is 48.2 Å². The Kier molecular flexibility index (Phi) is 4.30. The van der Waals surface area contributed by atoms with Crippen molar-refractivity contribution in [2.45, 2.75) is 25.2 Å². The molecule has 1 saturated heterocycles. The van der Waals surface area contributed by atoms with Crippen LogP contribution in [0.15, 0.2) is 42.6 Å². The number of carbonyl (C=O) groups excluding carboxylic acids is 1. The van der Waals surface area contributed by atoms with Crippen LogP contribution in [0.5, 0.6) is 5.75 Å². The second kappa shape index (κ2) is 6.75. The number of carbonyl (C=O) groups is 1. The van der Waals surface area contributed by atoms with Gasteiger partial charge in [0.1, 0.15) is 11.6 Å². The average molecular weight is 337 g/mol. The molecule has 2 atom stereocenters. The zero-order chi connectivity index (χ0) is 17.2. The summed E-state index contributed by atoms with van der Waals surface area (Å²) in [5.74, 6) is 1.75. The van der Waals surface area contributed by atoms with E-state index in [2.05, 4.69) is 15.2 Å². The van der Waals surface area contributed by atoms with Crippen LogP contribution < -0.4 is 15.0 Å². The fourth-order valence-corrected chi connectivity index (χ4v) is 3.64. The second-order valence-corrected chi connectivity index (χ2v) is 6.78. The van der Waals surface area contributed by atoms with Crippen LogP contribution >= 0.6 is 0 Å². The van der Waals surface area contributed by atoms with Crippen LogP contribution in [0.4, 0.5) is 11.5 Å². The Morgan fingerprint density at radius 1 is 1.20 bits per heavy atom. The summed E-state index contributed by atoms with van der Waals surface area (Å²) < 4.78 is 5.41. The first-order valence-electron chi connectivity index (χ1n) is 8.91. The van der Waals surface area contributed by atoms with E-state index in [1.165, 1.54) is 12.8 Å². The molecule has 5 nitrogen and oxygen atoms in total. The minimum Gasteiger partial charge on any atom is -0.496 e. The SMILES string of the molecule is COc1ccccc1[C@@H]1C[C@H]1C(=O)Nc1ccc(N2CCCC2)cn1. The van der Waals surface area contributed by atoms with E-state index in [0.29, 0.717) is 5.82 Å². The van der Waals surface area contributed by atoms with Crippen LogP contribution in [0.1, 0.15) is 30.7 Å². The number of benzene rings is 1. The lowest BCUT2D eigenvalue weighted by Crippen LogP contribution is -2.18. The predicted octanol–water partition coefficient (Wildman–Crippen LogP) is 3.43. The summed E-state index contributed by atoms with van der Waals surface area (Å²) >= 11 is 0. The van der Waals surface area contributed by atoms with Crippen LogP contribution in [0.25, 0.3) is 0 Å². The molecular weight excluding hydrogens is 314 g/mol. The third-order valence-electron chi connectivity index (χ3n) is 5.14. The monoisotopic (exact) mass is 337 g/mol. The molecule has 0 unspecified atom stereocenters. The molecule has 1 saturated carbocycles. The van der Waals surface area contributed by atoms with Gasteiger partial charge < -0.3 is 15.0 Å². The van der Waals surface area contributed by atoms with Crippen LogP contribution in [-0.2, 0) is 4.79 Å². The van der Waals surface area contributed by atoms with Crippen molar-refractivity contribution in [1.82, 2.24) is 4.98 Å². The van der Waals surface area contributed by atoms with Gasteiger partial charge in [-0.1, -0.05) is 18.2 Å². The van der Waals surface area contributed by atoms with Crippen LogP contribution in [-0.4, -0.2) is 31.1 Å². The van der Waals surface area contributed by atoms with Crippen molar-refractivity contribution >= 4 is 17.4 Å². The number of pyridine rings is 1. The second-order valence-electron chi connectivity index (χ2n) is 6.78. The van der Waals surface area contributed by atoms with Crippen molar-refractivity contribution in [3.8, 4) is 5.75 Å². The molecule has 1 aliphatic carbocycles. The number of nitrogens with zero attached hydrogens (tertiary/aromatic N) is 2. The Morgan fingerprint density at radius 3 is 2.72 bits per heavy atom. The van der Waals surface area contributed by atoms with Crippen molar-refractivity contribution < 1.29 is 9.53 Å². The topological polar surface area (TPSA) is 54.5 Å². The molecule has 1 N–H and O–H groups in total. The summed E-state index contributed by atoms with van der Waals surface area (Å²) in [6.45, 7) is 2.19. The van der Waals surface area contributed by atoms with Gasteiger partial charge in [-0.3, -0.25) is 4.79 Å². The van der Waals surface area contributed by atoms with E-state index < -0.39 is 0 Å². The number of hydrogen-bond donors (Lipinski definition) is 1. The van der Waals surface area contributed by atoms with E-state index in [0.717, 1.165) is 36.5 Å². The van der Waals surface area contributed by atoms with E-state index in [-0.39, 0.29) is 17.7 Å². The molecule has 2 heterocycles. The van der Waals surface area contributed by atoms with Gasteiger partial charge in [0.25, 0.3) is 0 Å². The lowest BCUT2D eigenvalue weighted by Gasteiger charge is -2.17. The van der Waals surface area contributed by atoms with Crippen molar-refractivity contribution in [2.24, 2.45) is 5.92 Å². The van der Waals surface area contributed by atoms with Gasteiger partial charge in [0.05, 0.1) is 19.0 Å². The fraction of sp³-hybridized carbons (Fsp3) is 0.400. The molecule has 0 bridgehead atoms. The summed E-state index contributed by atoms with van der Waals surface area (Å²) in [5.41, 5.74) is 2.25. The molecule has 25 heavy (non-hydrogen) atoms. The lowest BCUT2D eigenvalue weighted by atomic mass is 10.1. The highest BCUT2D eigenvalue weighted by Crippen LogP contribution is 2.50. The minimum atomic E-state index is -0.00337. The highest BCUT2D eigenvalue weighted by molar-refractivity contribution is 5.94. The number of amides is 1. The summed E-state index contributed by atoms with van der Waals surface area (Å²) in [7, 11) is 1.67. The van der Waals surface area contributed by atoms with Gasteiger partial charge in [-0.15, -0.1) is 0 Å². The molecule has 130 valence electrons. The normalized spacial score (nSPS) is 21.9. The molecule has 0 spiro atoms. The quantitative estimate of drug-likeness (QED) is 0.908.